The van der Waals surface area contributed by atoms with Crippen LogP contribution in [0, 0.1) is 13.8 Å². The Hall–Kier alpha value is -2.34. The molecule has 0 saturated carbocycles. The van der Waals surface area contributed by atoms with Crippen LogP contribution in [0.3, 0.4) is 0 Å². The van der Waals surface area contributed by atoms with Gasteiger partial charge in [-0.3, -0.25) is 4.79 Å². The number of hydrogen-bond acceptors (Lipinski definition) is 4. The lowest BCUT2D eigenvalue weighted by Crippen LogP contribution is -2.40. The molecule has 152 valence electrons. The summed E-state index contributed by atoms with van der Waals surface area (Å²) in [7, 11) is -3.24. The van der Waals surface area contributed by atoms with Crippen LogP contribution in [-0.2, 0) is 14.6 Å². The van der Waals surface area contributed by atoms with E-state index in [0.717, 1.165) is 16.7 Å². The van der Waals surface area contributed by atoms with E-state index >= 15 is 0 Å². The molecule has 1 N–H and O–H groups in total. The number of sulfone groups is 1. The molecular weight excluding hydrogens is 374 g/mol. The number of nitrogens with one attached hydrogen (secondary N) is 1. The highest BCUT2D eigenvalue weighted by atomic mass is 32.2. The van der Waals surface area contributed by atoms with Crippen molar-refractivity contribution in [2.45, 2.75) is 57.6 Å². The second kappa shape index (κ2) is 9.24. The molecule has 2 aromatic rings. The van der Waals surface area contributed by atoms with Gasteiger partial charge in [0.15, 0.2) is 15.9 Å². The number of amides is 1. The van der Waals surface area contributed by atoms with Crippen molar-refractivity contribution in [3.8, 4) is 5.75 Å². The van der Waals surface area contributed by atoms with E-state index < -0.39 is 15.9 Å². The predicted octanol–water partition coefficient (Wildman–Crippen LogP) is 4.13. The molecule has 0 bridgehead atoms. The van der Waals surface area contributed by atoms with Crippen molar-refractivity contribution in [3.05, 3.63) is 59.2 Å². The molecule has 28 heavy (non-hydrogen) atoms. The third-order valence-electron chi connectivity index (χ3n) is 4.92. The molecule has 0 spiro atoms. The molecule has 0 fully saturated rings. The van der Waals surface area contributed by atoms with E-state index in [4.69, 9.17) is 4.74 Å². The second-order valence-corrected chi connectivity index (χ2v) is 9.04. The van der Waals surface area contributed by atoms with E-state index in [1.165, 1.54) is 6.26 Å². The maximum absolute atomic E-state index is 12.8. The molecule has 2 rings (SSSR count). The van der Waals surface area contributed by atoms with Gasteiger partial charge >= 0.3 is 0 Å². The highest BCUT2D eigenvalue weighted by Crippen LogP contribution is 2.24. The molecule has 0 aliphatic rings. The first kappa shape index (κ1) is 22.0. The molecule has 5 nitrogen and oxygen atoms in total. The lowest BCUT2D eigenvalue weighted by atomic mass is 10.0. The van der Waals surface area contributed by atoms with E-state index in [9.17, 15) is 13.2 Å². The van der Waals surface area contributed by atoms with Crippen LogP contribution in [0.4, 0.5) is 0 Å². The zero-order chi connectivity index (χ0) is 20.9. The SMILES string of the molecule is CCC(Oc1cccc(C)c1C)C(=O)NC(CC)c1ccc(S(C)(=O)=O)cc1. The fraction of sp³-hybridized carbons (Fsp3) is 0.409. The first-order chi connectivity index (χ1) is 13.2. The summed E-state index contributed by atoms with van der Waals surface area (Å²) in [4.78, 5) is 13.1. The maximum Gasteiger partial charge on any atom is 0.261 e. The number of hydrogen-bond donors (Lipinski definition) is 1. The molecule has 0 aliphatic heterocycles. The molecular formula is C22H29NO4S. The van der Waals surface area contributed by atoms with Crippen LogP contribution in [0.15, 0.2) is 47.4 Å². The molecule has 6 heteroatoms. The summed E-state index contributed by atoms with van der Waals surface area (Å²) in [5, 5.41) is 3.03. The van der Waals surface area contributed by atoms with Gasteiger partial charge in [-0.05, 0) is 61.6 Å². The fourth-order valence-electron chi connectivity index (χ4n) is 2.96. The van der Waals surface area contributed by atoms with E-state index in [-0.39, 0.29) is 16.8 Å². The van der Waals surface area contributed by atoms with Gasteiger partial charge in [0.25, 0.3) is 5.91 Å². The monoisotopic (exact) mass is 403 g/mol. The first-order valence-electron chi connectivity index (χ1n) is 9.50. The third kappa shape index (κ3) is 5.35. The van der Waals surface area contributed by atoms with Crippen LogP contribution < -0.4 is 10.1 Å². The van der Waals surface area contributed by atoms with Gasteiger partial charge < -0.3 is 10.1 Å². The molecule has 2 atom stereocenters. The zero-order valence-electron chi connectivity index (χ0n) is 17.2. The Morgan fingerprint density at radius 2 is 1.68 bits per heavy atom. The highest BCUT2D eigenvalue weighted by Gasteiger charge is 2.23. The Bertz CT molecular complexity index is 920. The number of carbonyl (C=O) groups excluding carboxylic acids is 1. The van der Waals surface area contributed by atoms with Crippen LogP contribution in [0.2, 0.25) is 0 Å². The van der Waals surface area contributed by atoms with Crippen molar-refractivity contribution in [1.82, 2.24) is 5.32 Å². The van der Waals surface area contributed by atoms with E-state index in [1.54, 1.807) is 24.3 Å². The topological polar surface area (TPSA) is 72.5 Å². The molecule has 1 amide bonds. The Morgan fingerprint density at radius 3 is 2.21 bits per heavy atom. The van der Waals surface area contributed by atoms with Gasteiger partial charge in [-0.25, -0.2) is 8.42 Å². The molecule has 0 radical (unpaired) electrons. The van der Waals surface area contributed by atoms with E-state index in [2.05, 4.69) is 5.32 Å². The molecule has 0 saturated heterocycles. The molecule has 2 aromatic carbocycles. The van der Waals surface area contributed by atoms with E-state index in [0.29, 0.717) is 18.6 Å². The minimum absolute atomic E-state index is 0.178. The fourth-order valence-corrected chi connectivity index (χ4v) is 3.59. The van der Waals surface area contributed by atoms with Gasteiger partial charge in [0.1, 0.15) is 5.75 Å². The third-order valence-corrected chi connectivity index (χ3v) is 6.05. The Morgan fingerprint density at radius 1 is 1.04 bits per heavy atom. The van der Waals surface area contributed by atoms with Gasteiger partial charge in [-0.2, -0.15) is 0 Å². The van der Waals surface area contributed by atoms with Crippen LogP contribution in [-0.4, -0.2) is 26.7 Å². The summed E-state index contributed by atoms with van der Waals surface area (Å²) >= 11 is 0. The van der Waals surface area contributed by atoms with Gasteiger partial charge in [0, 0.05) is 6.26 Å². The highest BCUT2D eigenvalue weighted by molar-refractivity contribution is 7.90. The van der Waals surface area contributed by atoms with Gasteiger partial charge in [-0.1, -0.05) is 38.1 Å². The smallest absolute Gasteiger partial charge is 0.261 e. The summed E-state index contributed by atoms with van der Waals surface area (Å²) in [6.45, 7) is 7.88. The first-order valence-corrected chi connectivity index (χ1v) is 11.4. The summed E-state index contributed by atoms with van der Waals surface area (Å²) in [5.41, 5.74) is 3.01. The van der Waals surface area contributed by atoms with Crippen molar-refractivity contribution < 1.29 is 17.9 Å². The van der Waals surface area contributed by atoms with Crippen LogP contribution in [0.5, 0.6) is 5.75 Å². The number of aryl methyl sites for hydroxylation is 1. The Labute approximate surface area is 168 Å². The molecule has 0 heterocycles. The molecule has 0 aliphatic carbocycles. The number of benzene rings is 2. The van der Waals surface area contributed by atoms with Crippen LogP contribution in [0.1, 0.15) is 49.4 Å². The standard InChI is InChI=1S/C22H29NO4S/c1-6-19(17-11-13-18(14-12-17)28(5,25)26)23-22(24)20(7-2)27-21-10-8-9-15(3)16(21)4/h8-14,19-20H,6-7H2,1-5H3,(H,23,24). The van der Waals surface area contributed by atoms with Crippen molar-refractivity contribution in [1.29, 1.82) is 0 Å². The van der Waals surface area contributed by atoms with Crippen molar-refractivity contribution >= 4 is 15.7 Å². The summed E-state index contributed by atoms with van der Waals surface area (Å²) in [6, 6.07) is 12.2. The lowest BCUT2D eigenvalue weighted by Gasteiger charge is -2.23. The minimum atomic E-state index is -3.24. The van der Waals surface area contributed by atoms with Crippen molar-refractivity contribution in [3.63, 3.8) is 0 Å². The van der Waals surface area contributed by atoms with Gasteiger partial charge in [0.05, 0.1) is 10.9 Å². The van der Waals surface area contributed by atoms with Gasteiger partial charge in [-0.15, -0.1) is 0 Å². The van der Waals surface area contributed by atoms with E-state index in [1.807, 2.05) is 45.9 Å². The summed E-state index contributed by atoms with van der Waals surface area (Å²) < 4.78 is 29.2. The predicted molar refractivity (Wildman–Crippen MR) is 111 cm³/mol. The average Bonchev–Trinajstić information content (AvgIpc) is 2.66. The molecule has 2 unspecified atom stereocenters. The summed E-state index contributed by atoms with van der Waals surface area (Å²) in [6.07, 6.45) is 1.81. The van der Waals surface area contributed by atoms with Crippen LogP contribution >= 0.6 is 0 Å². The number of ether oxygens (including phenoxy) is 1. The lowest BCUT2D eigenvalue weighted by molar-refractivity contribution is -0.129. The van der Waals surface area contributed by atoms with Gasteiger partial charge in [0.2, 0.25) is 0 Å². The Balaban J connectivity index is 2.14. The Kier molecular flexibility index (Phi) is 7.24. The second-order valence-electron chi connectivity index (χ2n) is 7.02. The zero-order valence-corrected chi connectivity index (χ0v) is 18.0. The van der Waals surface area contributed by atoms with Crippen molar-refractivity contribution in [2.24, 2.45) is 0 Å². The minimum Gasteiger partial charge on any atom is -0.480 e. The largest absolute Gasteiger partial charge is 0.480 e. The normalized spacial score (nSPS) is 13.6. The number of carbonyl (C=O) groups is 1. The molecule has 0 aromatic heterocycles. The average molecular weight is 404 g/mol. The summed E-state index contributed by atoms with van der Waals surface area (Å²) in [5.74, 6) is 0.537. The number of rotatable bonds is 8. The quantitative estimate of drug-likeness (QED) is 0.719. The maximum atomic E-state index is 12.8. The van der Waals surface area contributed by atoms with Crippen LogP contribution in [0.25, 0.3) is 0 Å². The van der Waals surface area contributed by atoms with Crippen molar-refractivity contribution in [2.75, 3.05) is 6.26 Å².